The summed E-state index contributed by atoms with van der Waals surface area (Å²) in [5.41, 5.74) is 2.34. The molecule has 0 saturated heterocycles. The third-order valence-electron chi connectivity index (χ3n) is 4.26. The molecule has 2 amide bonds. The first kappa shape index (κ1) is 21.2. The molecule has 6 nitrogen and oxygen atoms in total. The number of nitrogens with one attached hydrogen (secondary N) is 1. The number of carbonyl (C=O) groups is 2. The van der Waals surface area contributed by atoms with Gasteiger partial charge in [-0.05, 0) is 54.5 Å². The number of hydrogen-bond donors (Lipinski definition) is 1. The topological polar surface area (TPSA) is 67.9 Å². The van der Waals surface area contributed by atoms with Crippen LogP contribution in [-0.4, -0.2) is 43.5 Å². The Labute approximate surface area is 182 Å². The minimum atomic E-state index is -0.307. The van der Waals surface area contributed by atoms with Crippen LogP contribution in [0.15, 0.2) is 40.9 Å². The molecule has 0 aliphatic carbocycles. The summed E-state index contributed by atoms with van der Waals surface area (Å²) in [4.78, 5) is 25.9. The number of carbonyl (C=O) groups excluding carboxylic acids is 2. The molecule has 1 heterocycles. The van der Waals surface area contributed by atoms with Gasteiger partial charge in [0.1, 0.15) is 13.2 Å². The van der Waals surface area contributed by atoms with Crippen LogP contribution in [0.1, 0.15) is 11.1 Å². The van der Waals surface area contributed by atoms with E-state index in [-0.39, 0.29) is 18.4 Å². The van der Waals surface area contributed by atoms with Gasteiger partial charge in [-0.25, -0.2) is 0 Å². The van der Waals surface area contributed by atoms with Gasteiger partial charge in [-0.15, -0.1) is 0 Å². The molecule has 1 N–H and O–H groups in total. The first-order valence-corrected chi connectivity index (χ1v) is 10.1. The quantitative estimate of drug-likeness (QED) is 0.650. The highest BCUT2D eigenvalue weighted by Crippen LogP contribution is 2.38. The second kappa shape index (κ2) is 9.33. The van der Waals surface area contributed by atoms with Crippen molar-refractivity contribution in [3.63, 3.8) is 0 Å². The lowest BCUT2D eigenvalue weighted by molar-refractivity contribution is -0.129. The number of ether oxygens (including phenoxy) is 2. The maximum Gasteiger partial charge on any atom is 0.246 e. The molecule has 0 radical (unpaired) electrons. The van der Waals surface area contributed by atoms with E-state index in [1.54, 1.807) is 25.3 Å². The molecule has 2 aromatic carbocycles. The lowest BCUT2D eigenvalue weighted by Crippen LogP contribution is -2.34. The zero-order valence-corrected chi connectivity index (χ0v) is 18.3. The zero-order chi connectivity index (χ0) is 21.0. The van der Waals surface area contributed by atoms with Crippen LogP contribution in [-0.2, 0) is 9.59 Å². The number of anilines is 1. The SMILES string of the molecule is Cc1cc(Br)ccc1NC(=O)CN(C)C(=O)/C=C/c1cc(Cl)c2c(c1)OCCO2. The van der Waals surface area contributed by atoms with Gasteiger partial charge in [0.2, 0.25) is 11.8 Å². The first-order valence-electron chi connectivity index (χ1n) is 8.92. The normalized spacial score (nSPS) is 12.7. The van der Waals surface area contributed by atoms with E-state index < -0.39 is 0 Å². The van der Waals surface area contributed by atoms with Crippen LogP contribution >= 0.6 is 27.5 Å². The van der Waals surface area contributed by atoms with Gasteiger partial charge < -0.3 is 19.7 Å². The smallest absolute Gasteiger partial charge is 0.246 e. The van der Waals surface area contributed by atoms with E-state index in [0.717, 1.165) is 10.0 Å². The van der Waals surface area contributed by atoms with Crippen molar-refractivity contribution < 1.29 is 19.1 Å². The molecule has 0 unspecified atom stereocenters. The molecule has 0 fully saturated rings. The van der Waals surface area contributed by atoms with Gasteiger partial charge in [0.05, 0.1) is 11.6 Å². The average Bonchev–Trinajstić information content (AvgIpc) is 2.68. The summed E-state index contributed by atoms with van der Waals surface area (Å²) in [6.07, 6.45) is 3.01. The molecule has 0 aromatic heterocycles. The van der Waals surface area contributed by atoms with Crippen molar-refractivity contribution in [1.82, 2.24) is 4.90 Å². The Balaban J connectivity index is 1.60. The van der Waals surface area contributed by atoms with Crippen LogP contribution in [0.4, 0.5) is 5.69 Å². The van der Waals surface area contributed by atoms with Crippen LogP contribution in [0.25, 0.3) is 6.08 Å². The lowest BCUT2D eigenvalue weighted by Gasteiger charge is -2.19. The summed E-state index contributed by atoms with van der Waals surface area (Å²) in [5, 5.41) is 3.24. The Morgan fingerprint density at radius 3 is 2.76 bits per heavy atom. The van der Waals surface area contributed by atoms with Crippen molar-refractivity contribution >= 4 is 51.1 Å². The van der Waals surface area contributed by atoms with Crippen molar-refractivity contribution in [1.29, 1.82) is 0 Å². The number of rotatable bonds is 5. The zero-order valence-electron chi connectivity index (χ0n) is 16.0. The number of amides is 2. The molecular weight excluding hydrogens is 460 g/mol. The summed E-state index contributed by atoms with van der Waals surface area (Å²) in [5.74, 6) is 0.479. The number of halogens is 2. The van der Waals surface area contributed by atoms with Crippen LogP contribution < -0.4 is 14.8 Å². The number of hydrogen-bond acceptors (Lipinski definition) is 4. The van der Waals surface area contributed by atoms with E-state index in [1.807, 2.05) is 25.1 Å². The largest absolute Gasteiger partial charge is 0.486 e. The van der Waals surface area contributed by atoms with E-state index in [9.17, 15) is 9.59 Å². The average molecular weight is 480 g/mol. The molecule has 152 valence electrons. The minimum absolute atomic E-state index is 0.0689. The van der Waals surface area contributed by atoms with Crippen molar-refractivity contribution in [3.05, 3.63) is 57.0 Å². The van der Waals surface area contributed by atoms with Gasteiger partial charge >= 0.3 is 0 Å². The molecule has 0 saturated carbocycles. The van der Waals surface area contributed by atoms with E-state index in [1.165, 1.54) is 11.0 Å². The predicted molar refractivity (Wildman–Crippen MR) is 117 cm³/mol. The Morgan fingerprint density at radius 1 is 1.24 bits per heavy atom. The standard InChI is InChI=1S/C21H20BrClN2O4/c1-13-9-15(22)4-5-17(13)24-19(26)12-25(2)20(27)6-3-14-10-16(23)21-18(11-14)28-7-8-29-21/h3-6,9-11H,7-8,12H2,1-2H3,(H,24,26)/b6-3+. The fraction of sp³-hybridized carbons (Fsp3) is 0.238. The van der Waals surface area contributed by atoms with E-state index in [2.05, 4.69) is 21.2 Å². The predicted octanol–water partition coefficient (Wildman–Crippen LogP) is 4.29. The van der Waals surface area contributed by atoms with Crippen LogP contribution in [0.3, 0.4) is 0 Å². The van der Waals surface area contributed by atoms with E-state index in [0.29, 0.717) is 41.0 Å². The van der Waals surface area contributed by atoms with Crippen LogP contribution in [0, 0.1) is 6.92 Å². The number of fused-ring (bicyclic) bond motifs is 1. The number of nitrogens with zero attached hydrogens (tertiary/aromatic N) is 1. The summed E-state index contributed by atoms with van der Waals surface area (Å²) in [6, 6.07) is 9.02. The van der Waals surface area contributed by atoms with Gasteiger partial charge in [0, 0.05) is 23.3 Å². The summed E-state index contributed by atoms with van der Waals surface area (Å²) in [6.45, 7) is 2.73. The maximum absolute atomic E-state index is 12.4. The second-order valence-electron chi connectivity index (χ2n) is 6.56. The summed E-state index contributed by atoms with van der Waals surface area (Å²) in [7, 11) is 1.57. The van der Waals surface area contributed by atoms with Crippen LogP contribution in [0.5, 0.6) is 11.5 Å². The molecule has 0 spiro atoms. The molecule has 1 aliphatic rings. The Bertz CT molecular complexity index is 977. The molecular formula is C21H20BrClN2O4. The second-order valence-corrected chi connectivity index (χ2v) is 7.88. The van der Waals surface area contributed by atoms with Crippen molar-refractivity contribution in [2.45, 2.75) is 6.92 Å². The minimum Gasteiger partial charge on any atom is -0.486 e. The molecule has 0 atom stereocenters. The lowest BCUT2D eigenvalue weighted by atomic mass is 10.1. The first-order chi connectivity index (χ1) is 13.8. The molecule has 1 aliphatic heterocycles. The van der Waals surface area contributed by atoms with Gasteiger partial charge in [-0.2, -0.15) is 0 Å². The van der Waals surface area contributed by atoms with E-state index in [4.69, 9.17) is 21.1 Å². The van der Waals surface area contributed by atoms with E-state index >= 15 is 0 Å². The van der Waals surface area contributed by atoms with Crippen molar-refractivity contribution in [3.8, 4) is 11.5 Å². The maximum atomic E-state index is 12.4. The summed E-state index contributed by atoms with van der Waals surface area (Å²) < 4.78 is 11.9. The highest BCUT2D eigenvalue weighted by molar-refractivity contribution is 9.10. The van der Waals surface area contributed by atoms with Crippen LogP contribution in [0.2, 0.25) is 5.02 Å². The fourth-order valence-corrected chi connectivity index (χ4v) is 3.52. The molecule has 0 bridgehead atoms. The highest BCUT2D eigenvalue weighted by atomic mass is 79.9. The Morgan fingerprint density at radius 2 is 2.00 bits per heavy atom. The van der Waals surface area contributed by atoms with Crippen molar-refractivity contribution in [2.24, 2.45) is 0 Å². The molecule has 2 aromatic rings. The molecule has 3 rings (SSSR count). The summed E-state index contributed by atoms with van der Waals surface area (Å²) >= 11 is 9.59. The Kier molecular flexibility index (Phi) is 6.82. The number of likely N-dealkylation sites (N-methyl/N-ethyl adjacent to an activating group) is 1. The van der Waals surface area contributed by atoms with Gasteiger partial charge in [0.25, 0.3) is 0 Å². The number of benzene rings is 2. The third kappa shape index (κ3) is 5.52. The fourth-order valence-electron chi connectivity index (χ4n) is 2.77. The molecule has 8 heteroatoms. The Hall–Kier alpha value is -2.51. The van der Waals surface area contributed by atoms with Gasteiger partial charge in [-0.3, -0.25) is 9.59 Å². The number of aryl methyl sites for hydroxylation is 1. The highest BCUT2D eigenvalue weighted by Gasteiger charge is 2.16. The molecule has 29 heavy (non-hydrogen) atoms. The third-order valence-corrected chi connectivity index (χ3v) is 5.03. The van der Waals surface area contributed by atoms with Gasteiger partial charge in [-0.1, -0.05) is 27.5 Å². The van der Waals surface area contributed by atoms with Gasteiger partial charge in [0.15, 0.2) is 11.5 Å². The monoisotopic (exact) mass is 478 g/mol. The van der Waals surface area contributed by atoms with Crippen molar-refractivity contribution in [2.75, 3.05) is 32.1 Å².